The molecule has 1 saturated heterocycles. The summed E-state index contributed by atoms with van der Waals surface area (Å²) in [5.41, 5.74) is 0.236. The molecule has 0 amide bonds. The number of carbonyl (C=O) groups excluding carboxylic acids is 2. The van der Waals surface area contributed by atoms with Crippen LogP contribution in [0.15, 0.2) is 53.4 Å². The van der Waals surface area contributed by atoms with Crippen LogP contribution in [-0.4, -0.2) is 44.2 Å². The van der Waals surface area contributed by atoms with Gasteiger partial charge in [-0.1, -0.05) is 18.6 Å². The lowest BCUT2D eigenvalue weighted by Gasteiger charge is -2.25. The van der Waals surface area contributed by atoms with E-state index in [0.717, 1.165) is 25.3 Å². The number of piperidine rings is 1. The van der Waals surface area contributed by atoms with E-state index in [1.54, 1.807) is 0 Å². The lowest BCUT2D eigenvalue weighted by atomic mass is 10.1. The minimum absolute atomic E-state index is 0.107. The molecule has 6 nitrogen and oxygen atoms in total. The Labute approximate surface area is 163 Å². The third kappa shape index (κ3) is 4.63. The van der Waals surface area contributed by atoms with Crippen LogP contribution in [0.5, 0.6) is 0 Å². The number of carbonyl (C=O) groups is 2. The number of hydrogen-bond donors (Lipinski definition) is 0. The van der Waals surface area contributed by atoms with Crippen LogP contribution in [-0.2, 0) is 14.8 Å². The largest absolute Gasteiger partial charge is 0.454 e. The molecule has 1 fully saturated rings. The van der Waals surface area contributed by atoms with Crippen molar-refractivity contribution in [3.63, 3.8) is 0 Å². The first kappa shape index (κ1) is 20.2. The molecule has 0 saturated carbocycles. The van der Waals surface area contributed by atoms with Gasteiger partial charge in [0.2, 0.25) is 10.0 Å². The Bertz CT molecular complexity index is 966. The molecule has 1 heterocycles. The quantitative estimate of drug-likeness (QED) is 0.545. The summed E-state index contributed by atoms with van der Waals surface area (Å²) < 4.78 is 44.8. The van der Waals surface area contributed by atoms with Crippen molar-refractivity contribution in [2.75, 3.05) is 19.7 Å². The van der Waals surface area contributed by atoms with Crippen LogP contribution in [0.4, 0.5) is 4.39 Å². The highest BCUT2D eigenvalue weighted by Gasteiger charge is 2.26. The van der Waals surface area contributed by atoms with Gasteiger partial charge < -0.3 is 4.74 Å². The summed E-state index contributed by atoms with van der Waals surface area (Å²) in [6, 6.07) is 10.5. The maximum atomic E-state index is 13.1. The molecule has 0 unspecified atom stereocenters. The van der Waals surface area contributed by atoms with Crippen molar-refractivity contribution < 1.29 is 27.1 Å². The molecule has 2 aromatic carbocycles. The first-order valence-electron chi connectivity index (χ1n) is 8.94. The highest BCUT2D eigenvalue weighted by molar-refractivity contribution is 7.89. The van der Waals surface area contributed by atoms with Gasteiger partial charge in [-0.25, -0.2) is 17.6 Å². The Morgan fingerprint density at radius 2 is 1.64 bits per heavy atom. The smallest absolute Gasteiger partial charge is 0.338 e. The van der Waals surface area contributed by atoms with E-state index in [1.807, 2.05) is 0 Å². The molecule has 8 heteroatoms. The lowest BCUT2D eigenvalue weighted by molar-refractivity contribution is 0.0474. The first-order chi connectivity index (χ1) is 13.4. The first-order valence-corrected chi connectivity index (χ1v) is 10.4. The molecule has 1 aliphatic heterocycles. The highest BCUT2D eigenvalue weighted by Crippen LogP contribution is 2.21. The second-order valence-corrected chi connectivity index (χ2v) is 8.44. The van der Waals surface area contributed by atoms with Crippen molar-refractivity contribution in [2.45, 2.75) is 24.2 Å². The number of sulfonamides is 1. The molecule has 2 aromatic rings. The number of halogens is 1. The zero-order valence-electron chi connectivity index (χ0n) is 15.1. The van der Waals surface area contributed by atoms with Crippen molar-refractivity contribution in [2.24, 2.45) is 0 Å². The van der Waals surface area contributed by atoms with Gasteiger partial charge >= 0.3 is 5.97 Å². The van der Waals surface area contributed by atoms with E-state index in [-0.39, 0.29) is 16.0 Å². The number of ketones is 1. The van der Waals surface area contributed by atoms with Crippen molar-refractivity contribution in [1.82, 2.24) is 4.31 Å². The van der Waals surface area contributed by atoms with E-state index in [0.29, 0.717) is 13.1 Å². The van der Waals surface area contributed by atoms with Gasteiger partial charge in [0.15, 0.2) is 12.4 Å². The molecular weight excluding hydrogens is 385 g/mol. The summed E-state index contributed by atoms with van der Waals surface area (Å²) in [5.74, 6) is -1.84. The van der Waals surface area contributed by atoms with Crippen LogP contribution in [0.2, 0.25) is 0 Å². The maximum absolute atomic E-state index is 13.1. The fourth-order valence-corrected chi connectivity index (χ4v) is 4.49. The second-order valence-electron chi connectivity index (χ2n) is 6.50. The average molecular weight is 405 g/mol. The van der Waals surface area contributed by atoms with Gasteiger partial charge in [0, 0.05) is 18.7 Å². The molecular formula is C20H20FNO5S. The average Bonchev–Trinajstić information content (AvgIpc) is 2.72. The minimum Gasteiger partial charge on any atom is -0.454 e. The Morgan fingerprint density at radius 1 is 0.964 bits per heavy atom. The van der Waals surface area contributed by atoms with Crippen LogP contribution in [0.25, 0.3) is 0 Å². The Balaban J connectivity index is 1.63. The standard InChI is InChI=1S/C20H20FNO5S/c21-17-6-4-5-16(13-17)19(23)14-27-20(24)15-7-9-18(10-8-15)28(25,26)22-11-2-1-3-12-22/h4-10,13H,1-3,11-12,14H2. The molecule has 1 aliphatic rings. The molecule has 0 radical (unpaired) electrons. The maximum Gasteiger partial charge on any atom is 0.338 e. The Kier molecular flexibility index (Phi) is 6.21. The molecule has 0 aliphatic carbocycles. The molecule has 3 rings (SSSR count). The van der Waals surface area contributed by atoms with Crippen molar-refractivity contribution in [3.8, 4) is 0 Å². The Morgan fingerprint density at radius 3 is 2.29 bits per heavy atom. The number of Topliss-reactive ketones (excluding diaryl/α,β-unsaturated/α-hetero) is 1. The fraction of sp³-hybridized carbons (Fsp3) is 0.300. The molecule has 0 atom stereocenters. The third-order valence-corrected chi connectivity index (χ3v) is 6.44. The highest BCUT2D eigenvalue weighted by atomic mass is 32.2. The monoisotopic (exact) mass is 405 g/mol. The molecule has 148 valence electrons. The van der Waals surface area contributed by atoms with Crippen LogP contribution in [0, 0.1) is 5.82 Å². The van der Waals surface area contributed by atoms with E-state index in [4.69, 9.17) is 4.74 Å². The van der Waals surface area contributed by atoms with Gasteiger partial charge in [-0.2, -0.15) is 4.31 Å². The van der Waals surface area contributed by atoms with Crippen molar-refractivity contribution in [3.05, 3.63) is 65.5 Å². The summed E-state index contributed by atoms with van der Waals surface area (Å²) in [6.07, 6.45) is 2.69. The van der Waals surface area contributed by atoms with E-state index in [9.17, 15) is 22.4 Å². The number of ether oxygens (including phenoxy) is 1. The third-order valence-electron chi connectivity index (χ3n) is 4.52. The number of hydrogen-bond acceptors (Lipinski definition) is 5. The number of rotatable bonds is 6. The zero-order valence-corrected chi connectivity index (χ0v) is 16.0. The van der Waals surface area contributed by atoms with Crippen LogP contribution in [0.3, 0.4) is 0 Å². The van der Waals surface area contributed by atoms with E-state index < -0.39 is 34.2 Å². The second kappa shape index (κ2) is 8.62. The lowest BCUT2D eigenvalue weighted by Crippen LogP contribution is -2.35. The number of nitrogens with zero attached hydrogens (tertiary/aromatic N) is 1. The molecule has 28 heavy (non-hydrogen) atoms. The van der Waals surface area contributed by atoms with Gasteiger partial charge in [-0.15, -0.1) is 0 Å². The number of esters is 1. The van der Waals surface area contributed by atoms with Crippen LogP contribution in [0.1, 0.15) is 40.0 Å². The van der Waals surface area contributed by atoms with Crippen molar-refractivity contribution >= 4 is 21.8 Å². The zero-order chi connectivity index (χ0) is 20.1. The molecule has 0 spiro atoms. The summed E-state index contributed by atoms with van der Waals surface area (Å²) >= 11 is 0. The van der Waals surface area contributed by atoms with Crippen LogP contribution < -0.4 is 0 Å². The Hall–Kier alpha value is -2.58. The van der Waals surface area contributed by atoms with Gasteiger partial charge in [0.25, 0.3) is 0 Å². The number of benzene rings is 2. The van der Waals surface area contributed by atoms with Gasteiger partial charge in [-0.05, 0) is 49.2 Å². The summed E-state index contributed by atoms with van der Waals surface area (Å²) in [4.78, 5) is 24.2. The minimum atomic E-state index is -3.58. The predicted octanol–water partition coefficient (Wildman–Crippen LogP) is 3.04. The van der Waals surface area contributed by atoms with Crippen LogP contribution >= 0.6 is 0 Å². The summed E-state index contributed by atoms with van der Waals surface area (Å²) in [5, 5.41) is 0. The summed E-state index contributed by atoms with van der Waals surface area (Å²) in [6.45, 7) is 0.457. The normalized spacial score (nSPS) is 15.2. The predicted molar refractivity (Wildman–Crippen MR) is 100 cm³/mol. The molecule has 0 N–H and O–H groups in total. The van der Waals surface area contributed by atoms with E-state index in [2.05, 4.69) is 0 Å². The van der Waals surface area contributed by atoms with Gasteiger partial charge in [0.05, 0.1) is 10.5 Å². The van der Waals surface area contributed by atoms with Crippen molar-refractivity contribution in [1.29, 1.82) is 0 Å². The fourth-order valence-electron chi connectivity index (χ4n) is 2.98. The van der Waals surface area contributed by atoms with E-state index >= 15 is 0 Å². The molecule has 0 aromatic heterocycles. The van der Waals surface area contributed by atoms with Gasteiger partial charge in [-0.3, -0.25) is 4.79 Å². The molecule has 0 bridgehead atoms. The summed E-state index contributed by atoms with van der Waals surface area (Å²) in [7, 11) is -3.58. The van der Waals surface area contributed by atoms with Gasteiger partial charge in [0.1, 0.15) is 5.82 Å². The SMILES string of the molecule is O=C(COC(=O)c1ccc(S(=O)(=O)N2CCCCC2)cc1)c1cccc(F)c1. The topological polar surface area (TPSA) is 80.8 Å². The van der Waals surface area contributed by atoms with E-state index in [1.165, 1.54) is 46.8 Å².